The molecule has 0 atom stereocenters. The molecule has 1 N–H and O–H groups in total. The Hall–Kier alpha value is -0.980. The van der Waals surface area contributed by atoms with Crippen LogP contribution < -0.4 is 0 Å². The number of carbonyl (C=O) groups is 2. The van der Waals surface area contributed by atoms with Crippen LogP contribution in [0.4, 0.5) is 4.79 Å². The van der Waals surface area contributed by atoms with Gasteiger partial charge in [0.25, 0.3) is 11.1 Å². The van der Waals surface area contributed by atoms with Gasteiger partial charge >= 0.3 is 0 Å². The highest BCUT2D eigenvalue weighted by atomic mass is 79.9. The summed E-state index contributed by atoms with van der Waals surface area (Å²) in [5.74, 6) is -0.471. The third-order valence-corrected chi connectivity index (χ3v) is 4.19. The van der Waals surface area contributed by atoms with Gasteiger partial charge in [-0.25, -0.2) is 0 Å². The molecule has 0 bridgehead atoms. The van der Waals surface area contributed by atoms with E-state index in [-0.39, 0.29) is 26.8 Å². The molecule has 1 aliphatic heterocycles. The van der Waals surface area contributed by atoms with Gasteiger partial charge in [0.2, 0.25) is 0 Å². The van der Waals surface area contributed by atoms with E-state index in [2.05, 4.69) is 15.9 Å². The fourth-order valence-electron chi connectivity index (χ4n) is 1.61. The zero-order chi connectivity index (χ0) is 14.2. The Morgan fingerprint density at radius 3 is 2.74 bits per heavy atom. The molecule has 4 nitrogen and oxygen atoms in total. The number of likely N-dealkylation sites (N-methyl/N-ethyl adjacent to an activating group) is 1. The number of imide groups is 1. The van der Waals surface area contributed by atoms with Crippen LogP contribution in [0.15, 0.2) is 21.5 Å². The molecule has 1 fully saturated rings. The van der Waals surface area contributed by atoms with Crippen molar-refractivity contribution >= 4 is 56.5 Å². The molecule has 1 aromatic carbocycles. The minimum Gasteiger partial charge on any atom is -0.506 e. The van der Waals surface area contributed by atoms with Crippen molar-refractivity contribution in [3.63, 3.8) is 0 Å². The summed E-state index contributed by atoms with van der Waals surface area (Å²) < 4.78 is 0.677. The molecular formula is C12H9BrClNO3S. The normalized spacial score (nSPS) is 17.6. The van der Waals surface area contributed by atoms with E-state index in [1.54, 1.807) is 19.1 Å². The maximum Gasteiger partial charge on any atom is 0.293 e. The van der Waals surface area contributed by atoms with Crippen molar-refractivity contribution < 1.29 is 14.7 Å². The van der Waals surface area contributed by atoms with Gasteiger partial charge in [-0.05, 0) is 36.9 Å². The van der Waals surface area contributed by atoms with Gasteiger partial charge < -0.3 is 5.11 Å². The molecule has 1 aliphatic rings. The highest BCUT2D eigenvalue weighted by Gasteiger charge is 2.33. The number of carbonyl (C=O) groups excluding carboxylic acids is 2. The molecule has 0 aliphatic carbocycles. The van der Waals surface area contributed by atoms with E-state index < -0.39 is 0 Å². The summed E-state index contributed by atoms with van der Waals surface area (Å²) in [5, 5.41) is 9.71. The van der Waals surface area contributed by atoms with Crippen molar-refractivity contribution in [2.45, 2.75) is 6.92 Å². The summed E-state index contributed by atoms with van der Waals surface area (Å²) in [6, 6.07) is 3.17. The van der Waals surface area contributed by atoms with Crippen LogP contribution in [0.25, 0.3) is 6.08 Å². The monoisotopic (exact) mass is 361 g/mol. The molecule has 2 rings (SSSR count). The fourth-order valence-corrected chi connectivity index (χ4v) is 3.34. The maximum atomic E-state index is 11.9. The summed E-state index contributed by atoms with van der Waals surface area (Å²) in [6.45, 7) is 2.06. The summed E-state index contributed by atoms with van der Waals surface area (Å²) in [6.07, 6.45) is 1.46. The first-order chi connectivity index (χ1) is 8.93. The first kappa shape index (κ1) is 14.4. The average Bonchev–Trinajstić information content (AvgIpc) is 2.60. The summed E-state index contributed by atoms with van der Waals surface area (Å²) in [7, 11) is 0. The van der Waals surface area contributed by atoms with Crippen LogP contribution in [0.3, 0.4) is 0 Å². The Morgan fingerprint density at radius 2 is 2.16 bits per heavy atom. The predicted molar refractivity (Wildman–Crippen MR) is 79.2 cm³/mol. The second-order valence-electron chi connectivity index (χ2n) is 3.75. The van der Waals surface area contributed by atoms with Crippen molar-refractivity contribution in [2.24, 2.45) is 0 Å². The first-order valence-corrected chi connectivity index (χ1v) is 7.36. The summed E-state index contributed by atoms with van der Waals surface area (Å²) in [5.41, 5.74) is 0.390. The van der Waals surface area contributed by atoms with Crippen LogP contribution in [0, 0.1) is 0 Å². The van der Waals surface area contributed by atoms with Crippen molar-refractivity contribution in [1.82, 2.24) is 4.90 Å². The Morgan fingerprint density at radius 1 is 1.47 bits per heavy atom. The van der Waals surface area contributed by atoms with E-state index in [4.69, 9.17) is 11.6 Å². The minimum atomic E-state index is -0.354. The molecule has 0 radical (unpaired) electrons. The van der Waals surface area contributed by atoms with Crippen LogP contribution in [-0.2, 0) is 4.79 Å². The van der Waals surface area contributed by atoms with Crippen LogP contribution in [0.5, 0.6) is 5.75 Å². The highest BCUT2D eigenvalue weighted by molar-refractivity contribution is 9.10. The average molecular weight is 363 g/mol. The molecule has 0 saturated carbocycles. The lowest BCUT2D eigenvalue weighted by molar-refractivity contribution is -0.122. The van der Waals surface area contributed by atoms with Gasteiger partial charge in [-0.1, -0.05) is 27.5 Å². The minimum absolute atomic E-state index is 0.117. The van der Waals surface area contributed by atoms with E-state index in [1.165, 1.54) is 6.08 Å². The Kier molecular flexibility index (Phi) is 4.23. The molecule has 19 heavy (non-hydrogen) atoms. The molecule has 1 heterocycles. The Labute approximate surface area is 127 Å². The third kappa shape index (κ3) is 2.80. The van der Waals surface area contributed by atoms with Gasteiger partial charge in [0, 0.05) is 16.6 Å². The number of aromatic hydroxyl groups is 1. The third-order valence-electron chi connectivity index (χ3n) is 2.53. The van der Waals surface area contributed by atoms with Gasteiger partial charge in [-0.3, -0.25) is 14.5 Å². The second-order valence-corrected chi connectivity index (χ2v) is 6.07. The van der Waals surface area contributed by atoms with Gasteiger partial charge in [-0.2, -0.15) is 0 Å². The van der Waals surface area contributed by atoms with Gasteiger partial charge in [-0.15, -0.1) is 0 Å². The van der Waals surface area contributed by atoms with Crippen molar-refractivity contribution in [3.05, 3.63) is 32.1 Å². The van der Waals surface area contributed by atoms with Crippen LogP contribution in [-0.4, -0.2) is 27.7 Å². The van der Waals surface area contributed by atoms with Gasteiger partial charge in [0.15, 0.2) is 0 Å². The molecule has 2 amide bonds. The molecule has 100 valence electrons. The number of hydrogen-bond acceptors (Lipinski definition) is 4. The first-order valence-electron chi connectivity index (χ1n) is 5.37. The Balaban J connectivity index is 2.43. The number of halogens is 2. The van der Waals surface area contributed by atoms with Crippen molar-refractivity contribution in [1.29, 1.82) is 0 Å². The molecule has 7 heteroatoms. The second kappa shape index (κ2) is 5.56. The van der Waals surface area contributed by atoms with Crippen LogP contribution in [0.2, 0.25) is 5.02 Å². The number of phenols is 1. The molecule has 0 spiro atoms. The fraction of sp³-hybridized carbons (Fsp3) is 0.167. The van der Waals surface area contributed by atoms with E-state index in [9.17, 15) is 14.7 Å². The largest absolute Gasteiger partial charge is 0.506 e. The number of rotatable bonds is 2. The Bertz CT molecular complexity index is 603. The van der Waals surface area contributed by atoms with E-state index in [0.717, 1.165) is 16.7 Å². The zero-order valence-corrected chi connectivity index (χ0v) is 13.0. The number of phenolic OH excluding ortho intramolecular Hbond substituents is 1. The standard InChI is InChI=1S/C12H9BrClNO3S/c1-2-15-11(17)9(19-12(15)18)4-6-3-7(13)5-8(14)10(6)16/h3-5,16H,2H2,1H3/b9-4-. The lowest BCUT2D eigenvalue weighted by Crippen LogP contribution is -2.27. The predicted octanol–water partition coefficient (Wildman–Crippen LogP) is 3.86. The van der Waals surface area contributed by atoms with Crippen molar-refractivity contribution in [3.8, 4) is 5.75 Å². The maximum absolute atomic E-state index is 11.9. The number of benzene rings is 1. The van der Waals surface area contributed by atoms with E-state index >= 15 is 0 Å². The quantitative estimate of drug-likeness (QED) is 0.812. The van der Waals surface area contributed by atoms with E-state index in [0.29, 0.717) is 16.6 Å². The van der Waals surface area contributed by atoms with Gasteiger partial charge in [0.05, 0.1) is 9.93 Å². The lowest BCUT2D eigenvalue weighted by atomic mass is 10.2. The molecule has 0 unspecified atom stereocenters. The van der Waals surface area contributed by atoms with Crippen LogP contribution in [0.1, 0.15) is 12.5 Å². The lowest BCUT2D eigenvalue weighted by Gasteiger charge is -2.07. The smallest absolute Gasteiger partial charge is 0.293 e. The number of amides is 2. The van der Waals surface area contributed by atoms with Gasteiger partial charge in [0.1, 0.15) is 5.75 Å². The topological polar surface area (TPSA) is 57.6 Å². The van der Waals surface area contributed by atoms with Crippen LogP contribution >= 0.6 is 39.3 Å². The zero-order valence-electron chi connectivity index (χ0n) is 9.81. The molecule has 1 saturated heterocycles. The van der Waals surface area contributed by atoms with Crippen molar-refractivity contribution in [2.75, 3.05) is 6.54 Å². The SMILES string of the molecule is CCN1C(=O)S/C(=C\c2cc(Br)cc(Cl)c2O)C1=O. The number of hydrogen-bond donors (Lipinski definition) is 1. The van der Waals surface area contributed by atoms with E-state index in [1.807, 2.05) is 0 Å². The number of nitrogens with zero attached hydrogens (tertiary/aromatic N) is 1. The highest BCUT2D eigenvalue weighted by Crippen LogP contribution is 2.37. The summed E-state index contributed by atoms with van der Waals surface area (Å²) >= 11 is 9.95. The molecular weight excluding hydrogens is 354 g/mol. The molecule has 0 aromatic heterocycles. The molecule has 1 aromatic rings. The summed E-state index contributed by atoms with van der Waals surface area (Å²) in [4.78, 5) is 24.9. The number of thioether (sulfide) groups is 1.